The number of nitrogens with zero attached hydrogens (tertiary/aromatic N) is 1. The van der Waals surface area contributed by atoms with Gasteiger partial charge in [0.15, 0.2) is 11.8 Å². The Balaban J connectivity index is 1.80. The van der Waals surface area contributed by atoms with Gasteiger partial charge in [-0.1, -0.05) is 18.7 Å². The van der Waals surface area contributed by atoms with Crippen molar-refractivity contribution in [2.45, 2.75) is 18.6 Å². The number of benzene rings is 1. The minimum absolute atomic E-state index is 0.142. The molecule has 112 valence electrons. The average molecular weight is 308 g/mol. The molecule has 0 fully saturated rings. The molecule has 1 heterocycles. The Morgan fingerprint density at radius 2 is 2.00 bits per heavy atom. The molecule has 0 spiro atoms. The molecule has 21 heavy (non-hydrogen) atoms. The van der Waals surface area contributed by atoms with E-state index < -0.39 is 0 Å². The third-order valence-electron chi connectivity index (χ3n) is 2.79. The Bertz CT molecular complexity index is 557. The number of amidine groups is 1. The standard InChI is InChI=1S/C14H16N2O4S/c1-3-11-13(18)16-14(21-11)15-12(17)8-20-10-6-4-9(19-2)5-7-10/h4-7,11H,3,8H2,1-2H3,(H,15,16,17,18)/t11-/m0/s1. The van der Waals surface area contributed by atoms with E-state index in [1.807, 2.05) is 6.92 Å². The number of nitrogens with one attached hydrogen (secondary N) is 1. The first kappa shape index (κ1) is 15.4. The van der Waals surface area contributed by atoms with E-state index in [9.17, 15) is 9.59 Å². The third kappa shape index (κ3) is 4.22. The van der Waals surface area contributed by atoms with Crippen molar-refractivity contribution in [1.82, 2.24) is 5.32 Å². The monoisotopic (exact) mass is 308 g/mol. The summed E-state index contributed by atoms with van der Waals surface area (Å²) in [6.07, 6.45) is 0.689. The lowest BCUT2D eigenvalue weighted by Crippen LogP contribution is -2.32. The molecule has 0 radical (unpaired) electrons. The second-order valence-electron chi connectivity index (χ2n) is 4.28. The van der Waals surface area contributed by atoms with Crippen LogP contribution < -0.4 is 14.8 Å². The van der Waals surface area contributed by atoms with Crippen LogP contribution in [0.25, 0.3) is 0 Å². The predicted octanol–water partition coefficient (Wildman–Crippen LogP) is 1.60. The molecule has 7 heteroatoms. The van der Waals surface area contributed by atoms with Crippen molar-refractivity contribution in [3.8, 4) is 11.5 Å². The summed E-state index contributed by atoms with van der Waals surface area (Å²) in [4.78, 5) is 27.0. The van der Waals surface area contributed by atoms with E-state index in [-0.39, 0.29) is 23.7 Å². The maximum atomic E-state index is 11.7. The summed E-state index contributed by atoms with van der Waals surface area (Å²) in [5.74, 6) is 0.734. The molecular weight excluding hydrogens is 292 g/mol. The van der Waals surface area contributed by atoms with Crippen molar-refractivity contribution < 1.29 is 19.1 Å². The van der Waals surface area contributed by atoms with E-state index >= 15 is 0 Å². The second kappa shape index (κ2) is 7.12. The maximum Gasteiger partial charge on any atom is 0.263 e. The summed E-state index contributed by atoms with van der Waals surface area (Å²) in [6, 6.07) is 6.92. The van der Waals surface area contributed by atoms with E-state index in [1.165, 1.54) is 11.8 Å². The van der Waals surface area contributed by atoms with Gasteiger partial charge >= 0.3 is 0 Å². The second-order valence-corrected chi connectivity index (χ2v) is 5.47. The smallest absolute Gasteiger partial charge is 0.263 e. The minimum atomic E-state index is -0.346. The lowest BCUT2D eigenvalue weighted by Gasteiger charge is -2.08. The molecule has 1 atom stereocenters. The zero-order chi connectivity index (χ0) is 15.2. The van der Waals surface area contributed by atoms with Crippen LogP contribution in [0, 0.1) is 0 Å². The fourth-order valence-corrected chi connectivity index (χ4v) is 2.58. The van der Waals surface area contributed by atoms with Crippen LogP contribution in [-0.2, 0) is 9.59 Å². The lowest BCUT2D eigenvalue weighted by molar-refractivity contribution is -0.121. The van der Waals surface area contributed by atoms with Crippen LogP contribution in [0.15, 0.2) is 29.3 Å². The van der Waals surface area contributed by atoms with Gasteiger partial charge in [0.25, 0.3) is 11.8 Å². The topological polar surface area (TPSA) is 77.0 Å². The first-order valence-electron chi connectivity index (χ1n) is 6.48. The molecule has 2 rings (SSSR count). The average Bonchev–Trinajstić information content (AvgIpc) is 2.85. The highest BCUT2D eigenvalue weighted by atomic mass is 32.2. The van der Waals surface area contributed by atoms with Crippen LogP contribution in [0.2, 0.25) is 0 Å². The van der Waals surface area contributed by atoms with E-state index in [0.717, 1.165) is 0 Å². The van der Waals surface area contributed by atoms with Crippen LogP contribution in [0.5, 0.6) is 11.5 Å². The first-order valence-corrected chi connectivity index (χ1v) is 7.36. The molecule has 1 N–H and O–H groups in total. The number of aliphatic imine (C=N–C) groups is 1. The summed E-state index contributed by atoms with van der Waals surface area (Å²) in [5.41, 5.74) is 0. The van der Waals surface area contributed by atoms with Gasteiger partial charge in [-0.15, -0.1) is 0 Å². The van der Waals surface area contributed by atoms with Crippen LogP contribution in [0.3, 0.4) is 0 Å². The molecule has 1 aliphatic heterocycles. The van der Waals surface area contributed by atoms with Gasteiger partial charge < -0.3 is 14.8 Å². The highest BCUT2D eigenvalue weighted by molar-refractivity contribution is 8.15. The van der Waals surface area contributed by atoms with E-state index in [4.69, 9.17) is 9.47 Å². The van der Waals surface area contributed by atoms with Crippen molar-refractivity contribution in [3.63, 3.8) is 0 Å². The van der Waals surface area contributed by atoms with Crippen LogP contribution in [0.1, 0.15) is 13.3 Å². The van der Waals surface area contributed by atoms with Gasteiger partial charge in [-0.3, -0.25) is 9.59 Å². The van der Waals surface area contributed by atoms with Crippen LogP contribution in [0.4, 0.5) is 0 Å². The first-order chi connectivity index (χ1) is 10.1. The summed E-state index contributed by atoms with van der Waals surface area (Å²) in [7, 11) is 1.58. The zero-order valence-corrected chi connectivity index (χ0v) is 12.6. The van der Waals surface area contributed by atoms with Crippen molar-refractivity contribution in [1.29, 1.82) is 0 Å². The molecule has 0 saturated carbocycles. The zero-order valence-electron chi connectivity index (χ0n) is 11.8. The third-order valence-corrected chi connectivity index (χ3v) is 4.02. The van der Waals surface area contributed by atoms with Crippen molar-refractivity contribution in [2.24, 2.45) is 4.99 Å². The fourth-order valence-electron chi connectivity index (χ4n) is 1.68. The maximum absolute atomic E-state index is 11.7. The van der Waals surface area contributed by atoms with Crippen LogP contribution >= 0.6 is 11.8 Å². The molecule has 2 amide bonds. The molecule has 1 aromatic carbocycles. The Kier molecular flexibility index (Phi) is 5.21. The van der Waals surface area contributed by atoms with Gasteiger partial charge in [0, 0.05) is 0 Å². The van der Waals surface area contributed by atoms with Gasteiger partial charge in [0.2, 0.25) is 0 Å². The number of hydrogen-bond donors (Lipinski definition) is 1. The SMILES string of the molecule is CC[C@@H]1SC(NC(=O)COc2ccc(OC)cc2)=NC1=O. The molecule has 1 aliphatic rings. The summed E-state index contributed by atoms with van der Waals surface area (Å²) in [6.45, 7) is 1.76. The Hall–Kier alpha value is -2.02. The van der Waals surface area contributed by atoms with Gasteiger partial charge in [-0.25, -0.2) is 0 Å². The Morgan fingerprint density at radius 1 is 1.33 bits per heavy atom. The normalized spacial score (nSPS) is 17.3. The Morgan fingerprint density at radius 3 is 2.57 bits per heavy atom. The van der Waals surface area contributed by atoms with Crippen molar-refractivity contribution >= 4 is 28.7 Å². The van der Waals surface area contributed by atoms with Gasteiger partial charge in [-0.05, 0) is 30.7 Å². The molecule has 0 aromatic heterocycles. The molecule has 0 unspecified atom stereocenters. The quantitative estimate of drug-likeness (QED) is 0.894. The van der Waals surface area contributed by atoms with E-state index in [0.29, 0.717) is 23.1 Å². The number of ether oxygens (including phenoxy) is 2. The number of rotatable bonds is 5. The summed E-state index contributed by atoms with van der Waals surface area (Å²) in [5, 5.41) is 2.72. The predicted molar refractivity (Wildman–Crippen MR) is 80.7 cm³/mol. The summed E-state index contributed by atoms with van der Waals surface area (Å²) >= 11 is 1.27. The van der Waals surface area contributed by atoms with Gasteiger partial charge in [0.05, 0.1) is 12.4 Å². The van der Waals surface area contributed by atoms with Gasteiger partial charge in [-0.2, -0.15) is 4.99 Å². The molecule has 0 aliphatic carbocycles. The molecular formula is C14H16N2O4S. The van der Waals surface area contributed by atoms with E-state index in [2.05, 4.69) is 10.3 Å². The number of thioether (sulfide) groups is 1. The van der Waals surface area contributed by atoms with Crippen LogP contribution in [-0.4, -0.2) is 35.9 Å². The summed E-state index contributed by atoms with van der Waals surface area (Å²) < 4.78 is 10.4. The number of amides is 2. The highest BCUT2D eigenvalue weighted by Crippen LogP contribution is 2.23. The number of carbonyl (C=O) groups excluding carboxylic acids is 2. The van der Waals surface area contributed by atoms with Crippen molar-refractivity contribution in [2.75, 3.05) is 13.7 Å². The lowest BCUT2D eigenvalue weighted by atomic mass is 10.3. The van der Waals surface area contributed by atoms with Gasteiger partial charge in [0.1, 0.15) is 11.5 Å². The molecule has 0 saturated heterocycles. The molecule has 6 nitrogen and oxygen atoms in total. The largest absolute Gasteiger partial charge is 0.497 e. The minimum Gasteiger partial charge on any atom is -0.497 e. The number of methoxy groups -OCH3 is 1. The number of carbonyl (C=O) groups is 2. The number of hydrogen-bond acceptors (Lipinski definition) is 5. The molecule has 1 aromatic rings. The highest BCUT2D eigenvalue weighted by Gasteiger charge is 2.27. The fraction of sp³-hybridized carbons (Fsp3) is 0.357. The molecule has 0 bridgehead atoms. The van der Waals surface area contributed by atoms with E-state index in [1.54, 1.807) is 31.4 Å². The van der Waals surface area contributed by atoms with Crippen molar-refractivity contribution in [3.05, 3.63) is 24.3 Å². The Labute approximate surface area is 126 Å².